The molecule has 0 fully saturated rings. The number of hydrogen-bond donors (Lipinski definition) is 1. The Morgan fingerprint density at radius 2 is 2.00 bits per heavy atom. The van der Waals surface area contributed by atoms with Gasteiger partial charge in [0.05, 0.1) is 0 Å². The second kappa shape index (κ2) is 3.50. The van der Waals surface area contributed by atoms with Gasteiger partial charge in [-0.15, -0.1) is 0 Å². The van der Waals surface area contributed by atoms with Crippen molar-refractivity contribution in [2.45, 2.75) is 6.92 Å². The Hall–Kier alpha value is -1.22. The summed E-state index contributed by atoms with van der Waals surface area (Å²) in [5.41, 5.74) is 8.66. The fourth-order valence-corrected chi connectivity index (χ4v) is 1.67. The third-order valence-electron chi connectivity index (χ3n) is 2.10. The van der Waals surface area contributed by atoms with Crippen LogP contribution in [-0.4, -0.2) is 0 Å². The molecule has 2 aromatic rings. The van der Waals surface area contributed by atoms with E-state index in [1.165, 1.54) is 0 Å². The molecule has 0 aliphatic heterocycles. The maximum Gasteiger partial charge on any atom is 0.169 e. The van der Waals surface area contributed by atoms with Gasteiger partial charge in [0.1, 0.15) is 5.76 Å². The van der Waals surface area contributed by atoms with Crippen molar-refractivity contribution in [1.82, 2.24) is 0 Å². The van der Waals surface area contributed by atoms with Gasteiger partial charge < -0.3 is 10.2 Å². The van der Waals surface area contributed by atoms with E-state index in [1.807, 2.05) is 37.3 Å². The van der Waals surface area contributed by atoms with E-state index < -0.39 is 0 Å². The maximum atomic E-state index is 5.72. The van der Waals surface area contributed by atoms with Crippen LogP contribution in [-0.2, 0) is 0 Å². The van der Waals surface area contributed by atoms with Gasteiger partial charge in [0.25, 0.3) is 0 Å². The van der Waals surface area contributed by atoms with Crippen molar-refractivity contribution in [1.29, 1.82) is 0 Å². The third-order valence-corrected chi connectivity index (χ3v) is 2.53. The number of halogens is 1. The van der Waals surface area contributed by atoms with Crippen LogP contribution in [0.1, 0.15) is 5.56 Å². The fourth-order valence-electron chi connectivity index (χ4n) is 1.36. The van der Waals surface area contributed by atoms with Crippen molar-refractivity contribution in [2.24, 2.45) is 0 Å². The first kappa shape index (κ1) is 9.34. The van der Waals surface area contributed by atoms with Crippen LogP contribution in [0.5, 0.6) is 0 Å². The Morgan fingerprint density at radius 1 is 1.21 bits per heavy atom. The third kappa shape index (κ3) is 1.68. The molecule has 0 spiro atoms. The smallest absolute Gasteiger partial charge is 0.169 e. The predicted molar refractivity (Wildman–Crippen MR) is 61.0 cm³/mol. The highest BCUT2D eigenvalue weighted by molar-refractivity contribution is 9.10. The summed E-state index contributed by atoms with van der Waals surface area (Å²) < 4.78 is 6.20. The van der Waals surface area contributed by atoms with Gasteiger partial charge >= 0.3 is 0 Å². The van der Waals surface area contributed by atoms with E-state index in [1.54, 1.807) is 0 Å². The minimum absolute atomic E-state index is 0.731. The van der Waals surface area contributed by atoms with Crippen molar-refractivity contribution in [3.63, 3.8) is 0 Å². The molecule has 0 bridgehead atoms. The maximum absolute atomic E-state index is 5.72. The number of nitrogen functional groups attached to an aromatic ring is 1. The predicted octanol–water partition coefficient (Wildman–Crippen LogP) is 3.60. The van der Waals surface area contributed by atoms with Gasteiger partial charge in [0.2, 0.25) is 0 Å². The lowest BCUT2D eigenvalue weighted by atomic mass is 10.1. The molecule has 1 heterocycles. The highest BCUT2D eigenvalue weighted by Crippen LogP contribution is 2.28. The van der Waals surface area contributed by atoms with E-state index in [4.69, 9.17) is 10.2 Å². The first-order valence-electron chi connectivity index (χ1n) is 4.28. The second-order valence-electron chi connectivity index (χ2n) is 3.18. The van der Waals surface area contributed by atoms with Crippen molar-refractivity contribution >= 4 is 21.6 Å². The molecule has 72 valence electrons. The van der Waals surface area contributed by atoms with Crippen LogP contribution < -0.4 is 5.73 Å². The zero-order chi connectivity index (χ0) is 10.1. The van der Waals surface area contributed by atoms with Crippen molar-refractivity contribution in [3.05, 3.63) is 40.6 Å². The van der Waals surface area contributed by atoms with E-state index in [2.05, 4.69) is 15.9 Å². The zero-order valence-corrected chi connectivity index (χ0v) is 9.34. The molecule has 0 radical (unpaired) electrons. The van der Waals surface area contributed by atoms with E-state index in [9.17, 15) is 0 Å². The standard InChI is InChI=1S/C11H10BrNO/c1-7-2-3-8(13)6-9(7)10-4-5-11(12)14-10/h2-6H,13H2,1H3. The summed E-state index contributed by atoms with van der Waals surface area (Å²) in [6.07, 6.45) is 0. The summed E-state index contributed by atoms with van der Waals surface area (Å²) in [5.74, 6) is 0.835. The molecule has 0 amide bonds. The highest BCUT2D eigenvalue weighted by atomic mass is 79.9. The number of aryl methyl sites for hydroxylation is 1. The summed E-state index contributed by atoms with van der Waals surface area (Å²) in [4.78, 5) is 0. The molecule has 2 rings (SSSR count). The SMILES string of the molecule is Cc1ccc(N)cc1-c1ccc(Br)o1. The van der Waals surface area contributed by atoms with Crippen LogP contribution in [0.15, 0.2) is 39.4 Å². The lowest BCUT2D eigenvalue weighted by Crippen LogP contribution is -1.87. The lowest BCUT2D eigenvalue weighted by molar-refractivity contribution is 0.555. The van der Waals surface area contributed by atoms with Gasteiger partial charge in [0.15, 0.2) is 4.67 Å². The van der Waals surface area contributed by atoms with Gasteiger partial charge in [-0.2, -0.15) is 0 Å². The molecule has 1 aromatic carbocycles. The van der Waals surface area contributed by atoms with Gasteiger partial charge in [0, 0.05) is 11.3 Å². The summed E-state index contributed by atoms with van der Waals surface area (Å²) in [7, 11) is 0. The first-order chi connectivity index (χ1) is 6.66. The quantitative estimate of drug-likeness (QED) is 0.787. The minimum atomic E-state index is 0.731. The molecule has 2 nitrogen and oxygen atoms in total. The van der Waals surface area contributed by atoms with E-state index >= 15 is 0 Å². The average Bonchev–Trinajstić information content (AvgIpc) is 2.56. The van der Waals surface area contributed by atoms with Crippen molar-refractivity contribution in [3.8, 4) is 11.3 Å². The molecular weight excluding hydrogens is 242 g/mol. The van der Waals surface area contributed by atoms with Crippen molar-refractivity contribution in [2.75, 3.05) is 5.73 Å². The Labute approximate surface area is 90.9 Å². The molecule has 2 N–H and O–H groups in total. The average molecular weight is 252 g/mol. The van der Waals surface area contributed by atoms with Gasteiger partial charge in [-0.1, -0.05) is 6.07 Å². The highest BCUT2D eigenvalue weighted by Gasteiger charge is 2.06. The Kier molecular flexibility index (Phi) is 2.33. The molecule has 0 aliphatic carbocycles. The van der Waals surface area contributed by atoms with Crippen molar-refractivity contribution < 1.29 is 4.42 Å². The van der Waals surface area contributed by atoms with E-state index in [-0.39, 0.29) is 0 Å². The van der Waals surface area contributed by atoms with Gasteiger partial charge in [-0.05, 0) is 52.7 Å². The van der Waals surface area contributed by atoms with E-state index in [0.29, 0.717) is 0 Å². The molecule has 0 aliphatic rings. The van der Waals surface area contributed by atoms with Crippen LogP contribution >= 0.6 is 15.9 Å². The number of benzene rings is 1. The number of rotatable bonds is 1. The number of anilines is 1. The lowest BCUT2D eigenvalue weighted by Gasteiger charge is -2.03. The Bertz CT molecular complexity index is 462. The zero-order valence-electron chi connectivity index (χ0n) is 7.75. The Morgan fingerprint density at radius 3 is 2.64 bits per heavy atom. The monoisotopic (exact) mass is 251 g/mol. The van der Waals surface area contributed by atoms with Crippen LogP contribution in [0.3, 0.4) is 0 Å². The number of nitrogens with two attached hydrogens (primary N) is 1. The molecule has 0 saturated heterocycles. The summed E-state index contributed by atoms with van der Waals surface area (Å²) >= 11 is 3.27. The van der Waals surface area contributed by atoms with Crippen LogP contribution in [0.4, 0.5) is 5.69 Å². The molecule has 1 aromatic heterocycles. The molecule has 0 atom stereocenters. The van der Waals surface area contributed by atoms with Crippen LogP contribution in [0.25, 0.3) is 11.3 Å². The molecule has 0 unspecified atom stereocenters. The summed E-state index contributed by atoms with van der Waals surface area (Å²) in [6, 6.07) is 9.59. The minimum Gasteiger partial charge on any atom is -0.449 e. The van der Waals surface area contributed by atoms with Crippen LogP contribution in [0, 0.1) is 6.92 Å². The van der Waals surface area contributed by atoms with Gasteiger partial charge in [-0.25, -0.2) is 0 Å². The number of hydrogen-bond acceptors (Lipinski definition) is 2. The summed E-state index contributed by atoms with van der Waals surface area (Å²) in [5, 5.41) is 0. The van der Waals surface area contributed by atoms with Gasteiger partial charge in [-0.3, -0.25) is 0 Å². The second-order valence-corrected chi connectivity index (χ2v) is 3.96. The fraction of sp³-hybridized carbons (Fsp3) is 0.0909. The summed E-state index contributed by atoms with van der Waals surface area (Å²) in [6.45, 7) is 2.03. The van der Waals surface area contributed by atoms with E-state index in [0.717, 1.165) is 27.2 Å². The largest absolute Gasteiger partial charge is 0.449 e. The Balaban J connectivity index is 2.55. The molecule has 3 heteroatoms. The van der Waals surface area contributed by atoms with Crippen LogP contribution in [0.2, 0.25) is 0 Å². The molecule has 14 heavy (non-hydrogen) atoms. The first-order valence-corrected chi connectivity index (χ1v) is 5.08. The molecular formula is C11H10BrNO. The molecule has 0 saturated carbocycles. The topological polar surface area (TPSA) is 39.2 Å². The number of furan rings is 1. The normalized spacial score (nSPS) is 10.4.